The van der Waals surface area contributed by atoms with Crippen LogP contribution >= 0.6 is 0 Å². The molecule has 33 heavy (non-hydrogen) atoms. The topological polar surface area (TPSA) is 63.4 Å². The molecule has 1 amide bonds. The van der Waals surface area contributed by atoms with E-state index in [4.69, 9.17) is 5.73 Å². The number of carbonyl (C=O) groups excluding carboxylic acids is 2. The maximum absolute atomic E-state index is 13.0. The van der Waals surface area contributed by atoms with E-state index in [0.717, 1.165) is 19.3 Å². The summed E-state index contributed by atoms with van der Waals surface area (Å²) in [5.74, 6) is -0.570. The van der Waals surface area contributed by atoms with Gasteiger partial charge in [-0.25, -0.2) is 0 Å². The number of Topliss-reactive ketones (excluding diaryl/α,β-unsaturated/α-hetero) is 1. The van der Waals surface area contributed by atoms with Gasteiger partial charge < -0.3 is 10.6 Å². The number of halogens is 6. The Hall–Kier alpha value is -2.10. The molecule has 1 saturated heterocycles. The van der Waals surface area contributed by atoms with Crippen molar-refractivity contribution in [2.75, 3.05) is 13.1 Å². The van der Waals surface area contributed by atoms with Gasteiger partial charge in [-0.15, -0.1) is 0 Å². The molecule has 184 valence electrons. The van der Waals surface area contributed by atoms with Crippen LogP contribution in [0.25, 0.3) is 0 Å². The monoisotopic (exact) mass is 478 g/mol. The van der Waals surface area contributed by atoms with E-state index in [1.165, 1.54) is 0 Å². The third-order valence-electron chi connectivity index (χ3n) is 6.64. The van der Waals surface area contributed by atoms with Crippen molar-refractivity contribution in [2.45, 2.75) is 75.7 Å². The predicted octanol–water partition coefficient (Wildman–Crippen LogP) is 5.13. The minimum absolute atomic E-state index is 0.0490. The van der Waals surface area contributed by atoms with Crippen molar-refractivity contribution in [3.05, 3.63) is 34.9 Å². The van der Waals surface area contributed by atoms with Gasteiger partial charge in [0.25, 0.3) is 0 Å². The molecule has 2 fully saturated rings. The van der Waals surface area contributed by atoms with Crippen molar-refractivity contribution in [3.63, 3.8) is 0 Å². The second-order valence-electron chi connectivity index (χ2n) is 9.29. The molecule has 0 radical (unpaired) electrons. The van der Waals surface area contributed by atoms with Crippen molar-refractivity contribution >= 4 is 11.7 Å². The molecule has 1 aromatic carbocycles. The summed E-state index contributed by atoms with van der Waals surface area (Å²) >= 11 is 0. The number of hydrogen-bond donors (Lipinski definition) is 1. The molecule has 0 spiro atoms. The van der Waals surface area contributed by atoms with E-state index < -0.39 is 41.2 Å². The van der Waals surface area contributed by atoms with E-state index in [1.54, 1.807) is 4.90 Å². The Morgan fingerprint density at radius 3 is 1.91 bits per heavy atom. The van der Waals surface area contributed by atoms with Crippen molar-refractivity contribution in [1.29, 1.82) is 0 Å². The minimum Gasteiger partial charge on any atom is -0.341 e. The Kier molecular flexibility index (Phi) is 7.45. The molecule has 3 rings (SSSR count). The summed E-state index contributed by atoms with van der Waals surface area (Å²) < 4.78 is 78.1. The first-order valence-electron chi connectivity index (χ1n) is 11.2. The lowest BCUT2D eigenvalue weighted by Gasteiger charge is -2.40. The molecule has 0 atom stereocenters. The van der Waals surface area contributed by atoms with Gasteiger partial charge in [-0.05, 0) is 55.4 Å². The molecule has 0 unspecified atom stereocenters. The van der Waals surface area contributed by atoms with Crippen LogP contribution in [0.5, 0.6) is 0 Å². The van der Waals surface area contributed by atoms with Crippen molar-refractivity contribution in [2.24, 2.45) is 11.7 Å². The summed E-state index contributed by atoms with van der Waals surface area (Å²) in [6, 6.07) is 1.25. The average Bonchev–Trinajstić information content (AvgIpc) is 2.73. The van der Waals surface area contributed by atoms with Gasteiger partial charge in [0.2, 0.25) is 5.91 Å². The van der Waals surface area contributed by atoms with Crippen LogP contribution in [0.1, 0.15) is 68.1 Å². The Morgan fingerprint density at radius 2 is 1.42 bits per heavy atom. The van der Waals surface area contributed by atoms with E-state index in [0.29, 0.717) is 50.9 Å². The van der Waals surface area contributed by atoms with Crippen LogP contribution in [0, 0.1) is 5.92 Å². The van der Waals surface area contributed by atoms with Crippen LogP contribution in [0.4, 0.5) is 26.3 Å². The normalized spacial score (nSPS) is 20.0. The van der Waals surface area contributed by atoms with Gasteiger partial charge in [-0.1, -0.05) is 19.3 Å². The fourth-order valence-corrected chi connectivity index (χ4v) is 4.79. The van der Waals surface area contributed by atoms with Gasteiger partial charge in [-0.3, -0.25) is 9.59 Å². The Bertz CT molecular complexity index is 834. The predicted molar refractivity (Wildman–Crippen MR) is 109 cm³/mol. The molecule has 0 bridgehead atoms. The number of hydrogen-bond acceptors (Lipinski definition) is 3. The fourth-order valence-electron chi connectivity index (χ4n) is 4.79. The van der Waals surface area contributed by atoms with Gasteiger partial charge >= 0.3 is 12.4 Å². The molecule has 0 aromatic heterocycles. The van der Waals surface area contributed by atoms with Gasteiger partial charge in [0.05, 0.1) is 16.7 Å². The van der Waals surface area contributed by atoms with Crippen LogP contribution in [0.3, 0.4) is 0 Å². The summed E-state index contributed by atoms with van der Waals surface area (Å²) in [5, 5.41) is 0. The highest BCUT2D eigenvalue weighted by molar-refractivity contribution is 5.86. The SMILES string of the molecule is NC1(C(=O)N2CCC(CC(=O)Cc3cc(C(F)(F)F)cc(C(F)(F)F)c3)CC2)CCCCC1. The number of likely N-dealkylation sites (tertiary alicyclic amines) is 1. The first-order valence-corrected chi connectivity index (χ1v) is 11.2. The maximum Gasteiger partial charge on any atom is 0.416 e. The van der Waals surface area contributed by atoms with Gasteiger partial charge in [0.1, 0.15) is 5.78 Å². The van der Waals surface area contributed by atoms with Crippen LogP contribution < -0.4 is 5.73 Å². The smallest absolute Gasteiger partial charge is 0.341 e. The Morgan fingerprint density at radius 1 is 0.909 bits per heavy atom. The third kappa shape index (κ3) is 6.49. The van der Waals surface area contributed by atoms with Crippen molar-refractivity contribution in [1.82, 2.24) is 4.90 Å². The van der Waals surface area contributed by atoms with Gasteiger partial charge in [0, 0.05) is 25.9 Å². The second kappa shape index (κ2) is 9.64. The number of piperidine rings is 1. The molecular weight excluding hydrogens is 450 g/mol. The number of nitrogens with zero attached hydrogens (tertiary/aromatic N) is 1. The van der Waals surface area contributed by atoms with Gasteiger partial charge in [0.15, 0.2) is 0 Å². The highest BCUT2D eigenvalue weighted by Crippen LogP contribution is 2.37. The molecule has 2 aliphatic rings. The lowest BCUT2D eigenvalue weighted by atomic mass is 9.80. The first kappa shape index (κ1) is 25.5. The molecule has 1 heterocycles. The number of carbonyl (C=O) groups is 2. The van der Waals surface area contributed by atoms with Crippen LogP contribution in [-0.4, -0.2) is 35.2 Å². The maximum atomic E-state index is 13.0. The summed E-state index contributed by atoms with van der Waals surface area (Å²) in [4.78, 5) is 27.0. The number of ketones is 1. The van der Waals surface area contributed by atoms with Crippen LogP contribution in [0.15, 0.2) is 18.2 Å². The lowest BCUT2D eigenvalue weighted by molar-refractivity contribution is -0.143. The minimum atomic E-state index is -4.95. The molecule has 1 aromatic rings. The van der Waals surface area contributed by atoms with Crippen molar-refractivity contribution < 1.29 is 35.9 Å². The van der Waals surface area contributed by atoms with E-state index >= 15 is 0 Å². The summed E-state index contributed by atoms with van der Waals surface area (Å²) in [5.41, 5.74) is 2.32. The van der Waals surface area contributed by atoms with E-state index in [9.17, 15) is 35.9 Å². The fraction of sp³-hybridized carbons (Fsp3) is 0.652. The number of rotatable bonds is 5. The standard InChI is InChI=1S/C23H28F6N2O2/c24-22(25,26)17-10-16(11-18(14-17)23(27,28)29)13-19(32)12-15-4-8-31(9-5-15)20(33)21(30)6-2-1-3-7-21/h10-11,14-15H,1-9,12-13,30H2. The van der Waals surface area contributed by atoms with Crippen LogP contribution in [0.2, 0.25) is 0 Å². The molecule has 1 aliphatic carbocycles. The number of nitrogens with two attached hydrogens (primary N) is 1. The lowest BCUT2D eigenvalue weighted by Crippen LogP contribution is -2.57. The van der Waals surface area contributed by atoms with E-state index in [2.05, 4.69) is 0 Å². The zero-order valence-corrected chi connectivity index (χ0v) is 18.2. The molecule has 4 nitrogen and oxygen atoms in total. The van der Waals surface area contributed by atoms with E-state index in [1.807, 2.05) is 0 Å². The highest BCUT2D eigenvalue weighted by atomic mass is 19.4. The largest absolute Gasteiger partial charge is 0.416 e. The zero-order chi connectivity index (χ0) is 24.4. The molecule has 1 aliphatic heterocycles. The van der Waals surface area contributed by atoms with Crippen molar-refractivity contribution in [3.8, 4) is 0 Å². The van der Waals surface area contributed by atoms with Crippen LogP contribution in [-0.2, 0) is 28.4 Å². The molecule has 2 N–H and O–H groups in total. The first-order chi connectivity index (χ1) is 15.3. The quantitative estimate of drug-likeness (QED) is 0.597. The Balaban J connectivity index is 1.58. The number of alkyl halides is 6. The summed E-state index contributed by atoms with van der Waals surface area (Å²) in [6.07, 6.45) is -5.06. The summed E-state index contributed by atoms with van der Waals surface area (Å²) in [7, 11) is 0. The van der Waals surface area contributed by atoms with E-state index in [-0.39, 0.29) is 29.9 Å². The molecule has 1 saturated carbocycles. The zero-order valence-electron chi connectivity index (χ0n) is 18.2. The third-order valence-corrected chi connectivity index (χ3v) is 6.64. The number of benzene rings is 1. The second-order valence-corrected chi connectivity index (χ2v) is 9.29. The average molecular weight is 478 g/mol. The summed E-state index contributed by atoms with van der Waals surface area (Å²) in [6.45, 7) is 0.884. The number of amides is 1. The molecule has 10 heteroatoms. The Labute approximate surface area is 188 Å². The highest BCUT2D eigenvalue weighted by Gasteiger charge is 2.40. The van der Waals surface area contributed by atoms with Gasteiger partial charge in [-0.2, -0.15) is 26.3 Å². The molecular formula is C23H28F6N2O2.